The Labute approximate surface area is 126 Å². The highest BCUT2D eigenvalue weighted by Gasteiger charge is 2.63. The maximum Gasteiger partial charge on any atom is 0.352 e. The lowest BCUT2D eigenvalue weighted by atomic mass is 9.75. The maximum atomic E-state index is 14.4. The number of rotatable bonds is 3. The van der Waals surface area contributed by atoms with Gasteiger partial charge in [0, 0.05) is 6.54 Å². The zero-order valence-corrected chi connectivity index (χ0v) is 12.1. The Bertz CT molecular complexity index is 569. The van der Waals surface area contributed by atoms with Crippen LogP contribution in [-0.2, 0) is 4.79 Å². The molecule has 1 unspecified atom stereocenters. The van der Waals surface area contributed by atoms with Crippen LogP contribution in [0.2, 0.25) is 0 Å². The minimum Gasteiger partial charge on any atom is -0.383 e. The molecule has 1 N–H and O–H groups in total. The zero-order valence-electron chi connectivity index (χ0n) is 12.1. The molecule has 2 fully saturated rings. The Kier molecular flexibility index (Phi) is 3.67. The van der Waals surface area contributed by atoms with E-state index in [-0.39, 0.29) is 19.4 Å². The summed E-state index contributed by atoms with van der Waals surface area (Å²) in [5.41, 5.74) is -1.57. The van der Waals surface area contributed by atoms with Crippen molar-refractivity contribution in [1.29, 1.82) is 0 Å². The van der Waals surface area contributed by atoms with Crippen molar-refractivity contribution in [2.24, 2.45) is 0 Å². The lowest BCUT2D eigenvalue weighted by molar-refractivity contribution is -0.224. The molecule has 1 atom stereocenters. The van der Waals surface area contributed by atoms with Crippen molar-refractivity contribution in [3.63, 3.8) is 0 Å². The Balaban J connectivity index is 1.83. The van der Waals surface area contributed by atoms with Gasteiger partial charge in [0.15, 0.2) is 0 Å². The molecule has 0 aromatic heterocycles. The monoisotopic (exact) mass is 313 g/mol. The second-order valence-corrected chi connectivity index (χ2v) is 6.17. The van der Waals surface area contributed by atoms with Gasteiger partial charge in [0.2, 0.25) is 0 Å². The van der Waals surface area contributed by atoms with Gasteiger partial charge in [-0.15, -0.1) is 0 Å². The number of hydrogen-bond acceptors (Lipinski definition) is 2. The third-order valence-electron chi connectivity index (χ3n) is 4.80. The number of alkyl halides is 2. The van der Waals surface area contributed by atoms with Crippen LogP contribution >= 0.6 is 0 Å². The maximum absolute atomic E-state index is 14.4. The van der Waals surface area contributed by atoms with Gasteiger partial charge in [0.1, 0.15) is 11.4 Å². The molecule has 22 heavy (non-hydrogen) atoms. The molecule has 1 aromatic rings. The molecule has 1 saturated heterocycles. The first-order chi connectivity index (χ1) is 10.3. The number of benzene rings is 1. The van der Waals surface area contributed by atoms with Crippen molar-refractivity contribution in [3.05, 3.63) is 35.6 Å². The number of hydrogen-bond donors (Lipinski definition) is 1. The van der Waals surface area contributed by atoms with Crippen molar-refractivity contribution in [2.45, 2.75) is 49.7 Å². The van der Waals surface area contributed by atoms with Crippen molar-refractivity contribution < 1.29 is 23.1 Å². The molecule has 3 rings (SSSR count). The highest BCUT2D eigenvalue weighted by molar-refractivity contribution is 5.86. The van der Waals surface area contributed by atoms with E-state index in [0.29, 0.717) is 24.8 Å². The van der Waals surface area contributed by atoms with Gasteiger partial charge in [-0.3, -0.25) is 4.79 Å². The first-order valence-electron chi connectivity index (χ1n) is 7.52. The minimum atomic E-state index is -3.77. The van der Waals surface area contributed by atoms with Gasteiger partial charge in [0.05, 0.1) is 6.04 Å². The standard InChI is InChI=1S/C16H18F3NO2/c17-12-6-4-11(5-7-12)13-3-1-10-20(13)14(21)16(18,19)15(22)8-2-9-15/h4-7,13,22H,1-3,8-10H2. The quantitative estimate of drug-likeness (QED) is 0.932. The lowest BCUT2D eigenvalue weighted by Gasteiger charge is -2.43. The first-order valence-corrected chi connectivity index (χ1v) is 7.52. The topological polar surface area (TPSA) is 40.5 Å². The summed E-state index contributed by atoms with van der Waals surface area (Å²) in [5, 5.41) is 9.91. The molecule has 1 aromatic carbocycles. The van der Waals surface area contributed by atoms with Crippen molar-refractivity contribution in [3.8, 4) is 0 Å². The molecule has 1 heterocycles. The number of aliphatic hydroxyl groups is 1. The van der Waals surface area contributed by atoms with Gasteiger partial charge in [0.25, 0.3) is 5.91 Å². The van der Waals surface area contributed by atoms with Crippen molar-refractivity contribution in [2.75, 3.05) is 6.54 Å². The van der Waals surface area contributed by atoms with Crippen LogP contribution in [0.3, 0.4) is 0 Å². The van der Waals surface area contributed by atoms with Gasteiger partial charge in [-0.1, -0.05) is 12.1 Å². The first kappa shape index (κ1) is 15.3. The predicted molar refractivity (Wildman–Crippen MR) is 73.8 cm³/mol. The molecular formula is C16H18F3NO2. The molecule has 1 aliphatic heterocycles. The van der Waals surface area contributed by atoms with E-state index in [1.54, 1.807) is 0 Å². The third-order valence-corrected chi connectivity index (χ3v) is 4.80. The summed E-state index contributed by atoms with van der Waals surface area (Å²) in [4.78, 5) is 13.4. The van der Waals surface area contributed by atoms with Gasteiger partial charge in [-0.05, 0) is 49.8 Å². The number of likely N-dealkylation sites (tertiary alicyclic amines) is 1. The Morgan fingerprint density at radius 2 is 1.86 bits per heavy atom. The zero-order chi connectivity index (χ0) is 16.0. The van der Waals surface area contributed by atoms with E-state index < -0.39 is 29.3 Å². The molecule has 1 amide bonds. The van der Waals surface area contributed by atoms with Crippen LogP contribution in [0.4, 0.5) is 13.2 Å². The average molecular weight is 313 g/mol. The summed E-state index contributed by atoms with van der Waals surface area (Å²) in [6, 6.07) is 5.06. The van der Waals surface area contributed by atoms with E-state index in [1.807, 2.05) is 0 Å². The molecule has 120 valence electrons. The predicted octanol–water partition coefficient (Wildman–Crippen LogP) is 3.04. The van der Waals surface area contributed by atoms with Crippen LogP contribution in [0.1, 0.15) is 43.7 Å². The molecule has 2 aliphatic rings. The van der Waals surface area contributed by atoms with E-state index in [9.17, 15) is 23.1 Å². The molecule has 1 aliphatic carbocycles. The fourth-order valence-corrected chi connectivity index (χ4v) is 3.25. The van der Waals surface area contributed by atoms with E-state index in [2.05, 4.69) is 0 Å². The van der Waals surface area contributed by atoms with Crippen LogP contribution in [0.15, 0.2) is 24.3 Å². The van der Waals surface area contributed by atoms with Crippen LogP contribution in [0, 0.1) is 5.82 Å². The highest BCUT2D eigenvalue weighted by Crippen LogP contribution is 2.46. The Morgan fingerprint density at radius 3 is 2.41 bits per heavy atom. The number of carbonyl (C=O) groups is 1. The molecule has 6 heteroatoms. The van der Waals surface area contributed by atoms with Crippen LogP contribution in [0.25, 0.3) is 0 Å². The second-order valence-electron chi connectivity index (χ2n) is 6.17. The molecule has 1 saturated carbocycles. The van der Waals surface area contributed by atoms with Gasteiger partial charge >= 0.3 is 5.92 Å². The summed E-state index contributed by atoms with van der Waals surface area (Å²) in [6.45, 7) is 0.229. The number of halogens is 3. The Hall–Kier alpha value is -1.56. The van der Waals surface area contributed by atoms with E-state index in [0.717, 1.165) is 4.90 Å². The van der Waals surface area contributed by atoms with E-state index in [1.165, 1.54) is 24.3 Å². The minimum absolute atomic E-state index is 0.0548. The van der Waals surface area contributed by atoms with Crippen molar-refractivity contribution >= 4 is 5.91 Å². The van der Waals surface area contributed by atoms with Crippen LogP contribution in [-0.4, -0.2) is 34.0 Å². The molecule has 3 nitrogen and oxygen atoms in total. The third kappa shape index (κ3) is 2.29. The van der Waals surface area contributed by atoms with Crippen LogP contribution < -0.4 is 0 Å². The lowest BCUT2D eigenvalue weighted by Crippen LogP contribution is -2.61. The normalized spacial score (nSPS) is 24.2. The molecular weight excluding hydrogens is 295 g/mol. The van der Waals surface area contributed by atoms with Gasteiger partial charge < -0.3 is 10.0 Å². The summed E-state index contributed by atoms with van der Waals surface area (Å²) in [6.07, 6.45) is 1.57. The SMILES string of the molecule is O=C(N1CCCC1c1ccc(F)cc1)C(F)(F)C1(O)CCC1. The van der Waals surface area contributed by atoms with Gasteiger partial charge in [-0.25, -0.2) is 4.39 Å². The van der Waals surface area contributed by atoms with E-state index >= 15 is 0 Å². The summed E-state index contributed by atoms with van der Waals surface area (Å²) >= 11 is 0. The fraction of sp³-hybridized carbons (Fsp3) is 0.562. The Morgan fingerprint density at radius 1 is 1.23 bits per heavy atom. The highest BCUT2D eigenvalue weighted by atomic mass is 19.3. The largest absolute Gasteiger partial charge is 0.383 e. The van der Waals surface area contributed by atoms with Gasteiger partial charge in [-0.2, -0.15) is 8.78 Å². The van der Waals surface area contributed by atoms with Crippen molar-refractivity contribution in [1.82, 2.24) is 4.90 Å². The fourth-order valence-electron chi connectivity index (χ4n) is 3.25. The molecule has 0 bridgehead atoms. The number of nitrogens with zero attached hydrogens (tertiary/aromatic N) is 1. The summed E-state index contributed by atoms with van der Waals surface area (Å²) in [5.74, 6) is -5.50. The van der Waals surface area contributed by atoms with E-state index in [4.69, 9.17) is 0 Å². The molecule has 0 spiro atoms. The molecule has 0 radical (unpaired) electrons. The summed E-state index contributed by atoms with van der Waals surface area (Å²) in [7, 11) is 0. The number of amides is 1. The second kappa shape index (κ2) is 5.26. The summed E-state index contributed by atoms with van der Waals surface area (Å²) < 4.78 is 41.7. The smallest absolute Gasteiger partial charge is 0.352 e. The average Bonchev–Trinajstić information content (AvgIpc) is 2.93. The number of carbonyl (C=O) groups excluding carboxylic acids is 1. The van der Waals surface area contributed by atoms with Crippen LogP contribution in [0.5, 0.6) is 0 Å².